The molecule has 2 aromatic rings. The van der Waals surface area contributed by atoms with E-state index in [1.807, 2.05) is 0 Å². The van der Waals surface area contributed by atoms with E-state index < -0.39 is 0 Å². The average Bonchev–Trinajstić information content (AvgIpc) is 3.05. The van der Waals surface area contributed by atoms with Crippen molar-refractivity contribution >= 4 is 18.5 Å². The van der Waals surface area contributed by atoms with Crippen molar-refractivity contribution in [3.63, 3.8) is 0 Å². The lowest BCUT2D eigenvalue weighted by Crippen LogP contribution is -2.46. The third kappa shape index (κ3) is 4.63. The Morgan fingerprint density at radius 1 is 0.963 bits per heavy atom. The van der Waals surface area contributed by atoms with Gasteiger partial charge in [0.05, 0.1) is 6.54 Å². The molecule has 0 unspecified atom stereocenters. The van der Waals surface area contributed by atoms with Crippen LogP contribution in [0.15, 0.2) is 60.7 Å². The zero-order valence-electron chi connectivity index (χ0n) is 15.5. The molecule has 4 rings (SSSR count). The van der Waals surface area contributed by atoms with Crippen molar-refractivity contribution in [1.29, 1.82) is 0 Å². The minimum absolute atomic E-state index is 0. The Kier molecular flexibility index (Phi) is 6.40. The van der Waals surface area contributed by atoms with Gasteiger partial charge in [0.2, 0.25) is 0 Å². The Morgan fingerprint density at radius 3 is 2.00 bits per heavy atom. The van der Waals surface area contributed by atoms with Gasteiger partial charge in [-0.3, -0.25) is 0 Å². The van der Waals surface area contributed by atoms with Gasteiger partial charge >= 0.3 is 6.09 Å². The first kappa shape index (κ1) is 19.7. The summed E-state index contributed by atoms with van der Waals surface area (Å²) in [6.45, 7) is 3.71. The lowest BCUT2D eigenvalue weighted by atomic mass is 9.87. The first-order chi connectivity index (χ1) is 12.7. The molecule has 5 heteroatoms. The second kappa shape index (κ2) is 8.77. The van der Waals surface area contributed by atoms with Crippen molar-refractivity contribution in [3.8, 4) is 0 Å². The molecule has 2 aliphatic heterocycles. The Labute approximate surface area is 167 Å². The molecule has 0 radical (unpaired) electrons. The van der Waals surface area contributed by atoms with Crippen molar-refractivity contribution in [1.82, 2.24) is 10.2 Å². The van der Waals surface area contributed by atoms with E-state index in [0.717, 1.165) is 38.9 Å². The van der Waals surface area contributed by atoms with E-state index in [-0.39, 0.29) is 24.1 Å². The van der Waals surface area contributed by atoms with Crippen molar-refractivity contribution in [2.75, 3.05) is 26.2 Å². The van der Waals surface area contributed by atoms with Crippen LogP contribution < -0.4 is 5.32 Å². The van der Waals surface area contributed by atoms with Gasteiger partial charge < -0.3 is 15.0 Å². The highest BCUT2D eigenvalue weighted by Gasteiger charge is 2.42. The highest BCUT2D eigenvalue weighted by molar-refractivity contribution is 5.85. The molecule has 1 spiro atoms. The monoisotopic (exact) mass is 386 g/mol. The number of carbonyl (C=O) groups is 1. The number of amides is 1. The summed E-state index contributed by atoms with van der Waals surface area (Å²) in [5, 5.41) is 2.81. The van der Waals surface area contributed by atoms with Gasteiger partial charge in [0.15, 0.2) is 0 Å². The summed E-state index contributed by atoms with van der Waals surface area (Å²) in [5.41, 5.74) is 2.49. The van der Waals surface area contributed by atoms with E-state index in [9.17, 15) is 4.79 Å². The summed E-state index contributed by atoms with van der Waals surface area (Å²) in [7, 11) is 0. The maximum atomic E-state index is 11.4. The summed E-state index contributed by atoms with van der Waals surface area (Å²) in [4.78, 5) is 13.9. The van der Waals surface area contributed by atoms with E-state index in [1.165, 1.54) is 11.1 Å². The van der Waals surface area contributed by atoms with Crippen LogP contribution in [0.2, 0.25) is 0 Å². The number of hydrogen-bond donors (Lipinski definition) is 1. The quantitative estimate of drug-likeness (QED) is 0.837. The van der Waals surface area contributed by atoms with Gasteiger partial charge in [-0.05, 0) is 24.1 Å². The lowest BCUT2D eigenvalue weighted by Gasteiger charge is -2.37. The molecule has 2 heterocycles. The van der Waals surface area contributed by atoms with Crippen LogP contribution in [0.4, 0.5) is 4.79 Å². The maximum absolute atomic E-state index is 11.4. The molecule has 0 atom stereocenters. The number of rotatable bonds is 5. The zero-order chi connectivity index (χ0) is 17.8. The molecular weight excluding hydrogens is 360 g/mol. The lowest BCUT2D eigenvalue weighted by molar-refractivity contribution is 0.000551. The topological polar surface area (TPSA) is 41.6 Å². The number of benzene rings is 2. The van der Waals surface area contributed by atoms with Crippen LogP contribution in [0.1, 0.15) is 36.3 Å². The smallest absolute Gasteiger partial charge is 0.407 e. The number of carbonyl (C=O) groups excluding carboxylic acids is 1. The van der Waals surface area contributed by atoms with E-state index in [4.69, 9.17) is 4.74 Å². The van der Waals surface area contributed by atoms with Gasteiger partial charge in [-0.2, -0.15) is 0 Å². The van der Waals surface area contributed by atoms with E-state index >= 15 is 0 Å². The predicted octanol–water partition coefficient (Wildman–Crippen LogP) is 4.20. The fourth-order valence-corrected chi connectivity index (χ4v) is 4.17. The van der Waals surface area contributed by atoms with Crippen LogP contribution in [0.3, 0.4) is 0 Å². The standard InChI is InChI=1S/C22H26N2O2.ClH/c25-21-23-17-22(26-21)12-15-24(16-13-22)14-11-20(18-7-3-1-4-8-18)19-9-5-2-6-10-19;/h1-10,20H,11-17H2,(H,23,25);1H. The molecule has 0 bridgehead atoms. The van der Waals surface area contributed by atoms with Gasteiger partial charge in [0.1, 0.15) is 5.60 Å². The van der Waals surface area contributed by atoms with Crippen LogP contribution in [-0.4, -0.2) is 42.8 Å². The van der Waals surface area contributed by atoms with Gasteiger partial charge in [0.25, 0.3) is 0 Å². The second-order valence-electron chi connectivity index (χ2n) is 7.43. The number of nitrogens with one attached hydrogen (secondary N) is 1. The Bertz CT molecular complexity index is 691. The van der Waals surface area contributed by atoms with Crippen molar-refractivity contribution in [2.24, 2.45) is 0 Å². The van der Waals surface area contributed by atoms with Crippen LogP contribution in [0.5, 0.6) is 0 Å². The minimum Gasteiger partial charge on any atom is -0.441 e. The number of halogens is 1. The molecule has 0 aromatic heterocycles. The minimum atomic E-state index is -0.258. The first-order valence-electron chi connectivity index (χ1n) is 9.53. The molecule has 1 N–H and O–H groups in total. The molecule has 2 saturated heterocycles. The maximum Gasteiger partial charge on any atom is 0.407 e. The van der Waals surface area contributed by atoms with Crippen LogP contribution >= 0.6 is 12.4 Å². The molecule has 2 aromatic carbocycles. The Hall–Kier alpha value is -2.04. The molecular formula is C22H27ClN2O2. The molecule has 144 valence electrons. The third-order valence-electron chi connectivity index (χ3n) is 5.77. The zero-order valence-corrected chi connectivity index (χ0v) is 16.3. The molecule has 0 saturated carbocycles. The predicted molar refractivity (Wildman–Crippen MR) is 109 cm³/mol. The number of ether oxygens (including phenoxy) is 1. The number of piperidine rings is 1. The van der Waals surface area contributed by atoms with Gasteiger partial charge in [-0.1, -0.05) is 60.7 Å². The largest absolute Gasteiger partial charge is 0.441 e. The van der Waals surface area contributed by atoms with Crippen LogP contribution in [-0.2, 0) is 4.74 Å². The van der Waals surface area contributed by atoms with Gasteiger partial charge in [-0.25, -0.2) is 4.79 Å². The highest BCUT2D eigenvalue weighted by atomic mass is 35.5. The molecule has 2 fully saturated rings. The summed E-state index contributed by atoms with van der Waals surface area (Å²) < 4.78 is 5.53. The second-order valence-corrected chi connectivity index (χ2v) is 7.43. The highest BCUT2D eigenvalue weighted by Crippen LogP contribution is 2.31. The van der Waals surface area contributed by atoms with Gasteiger partial charge in [-0.15, -0.1) is 12.4 Å². The number of alkyl carbamates (subject to hydrolysis) is 1. The number of likely N-dealkylation sites (tertiary alicyclic amines) is 1. The molecule has 4 nitrogen and oxygen atoms in total. The molecule has 27 heavy (non-hydrogen) atoms. The normalized spacial score (nSPS) is 18.8. The fraction of sp³-hybridized carbons (Fsp3) is 0.409. The fourth-order valence-electron chi connectivity index (χ4n) is 4.17. The number of nitrogens with zero attached hydrogens (tertiary/aromatic N) is 1. The summed E-state index contributed by atoms with van der Waals surface area (Å²) in [6.07, 6.45) is 2.69. The van der Waals surface area contributed by atoms with E-state index in [1.54, 1.807) is 0 Å². The van der Waals surface area contributed by atoms with E-state index in [0.29, 0.717) is 12.5 Å². The summed E-state index contributed by atoms with van der Waals surface area (Å²) in [6, 6.07) is 21.6. The average molecular weight is 387 g/mol. The van der Waals surface area contributed by atoms with Crippen LogP contribution in [0.25, 0.3) is 0 Å². The van der Waals surface area contributed by atoms with Gasteiger partial charge in [0, 0.05) is 31.8 Å². The number of hydrogen-bond acceptors (Lipinski definition) is 3. The molecule has 0 aliphatic carbocycles. The van der Waals surface area contributed by atoms with Crippen LogP contribution in [0, 0.1) is 0 Å². The first-order valence-corrected chi connectivity index (χ1v) is 9.53. The third-order valence-corrected chi connectivity index (χ3v) is 5.77. The summed E-state index contributed by atoms with van der Waals surface area (Å²) in [5.74, 6) is 0.416. The van der Waals surface area contributed by atoms with Crippen molar-refractivity contribution in [2.45, 2.75) is 30.8 Å². The SMILES string of the molecule is Cl.O=C1NCC2(CCN(CCC(c3ccccc3)c3ccccc3)CC2)O1. The van der Waals surface area contributed by atoms with Crippen molar-refractivity contribution < 1.29 is 9.53 Å². The summed E-state index contributed by atoms with van der Waals surface area (Å²) >= 11 is 0. The Balaban J connectivity index is 0.00000210. The molecule has 1 amide bonds. The van der Waals surface area contributed by atoms with E-state index in [2.05, 4.69) is 70.9 Å². The van der Waals surface area contributed by atoms with Crippen molar-refractivity contribution in [3.05, 3.63) is 71.8 Å². The Morgan fingerprint density at radius 2 is 1.52 bits per heavy atom. The molecule has 2 aliphatic rings.